The van der Waals surface area contributed by atoms with Gasteiger partial charge in [0.05, 0.1) is 17.9 Å². The van der Waals surface area contributed by atoms with Gasteiger partial charge in [0, 0.05) is 6.42 Å². The molecule has 0 aromatic rings. The second-order valence-corrected chi connectivity index (χ2v) is 15.4. The van der Waals surface area contributed by atoms with Gasteiger partial charge in [0.1, 0.15) is 0 Å². The Bertz CT molecular complexity index is 1130. The Balaban J connectivity index is 3.98. The molecule has 0 radical (unpaired) electrons. The standard InChI is InChI=1S/C45H77NO5S/c1-3-5-7-9-11-13-15-17-19-20-21-22-23-24-25-26-27-29-31-33-35-37-39-41-45(48)46-43(42-52(49,50)51)44(47)40-38-36-34-32-30-28-18-16-14-12-10-8-6-4-2/h5,7,11,13,17,19,21-22,24-25,30,32,38,40,43-44,47H,3-4,6,8-10,12,14-16,18,20,23,26-29,31,33-37,39,41-42H2,1-2H3,(H,46,48)(H,49,50,51)/b7-5-,13-11-,19-17-,22-21-,25-24-,32-30+,40-38+. The summed E-state index contributed by atoms with van der Waals surface area (Å²) in [5.41, 5.74) is 0. The first-order valence-electron chi connectivity index (χ1n) is 20.8. The predicted molar refractivity (Wildman–Crippen MR) is 225 cm³/mol. The number of aliphatic hydroxyl groups excluding tert-OH is 1. The van der Waals surface area contributed by atoms with E-state index in [2.05, 4.69) is 92.1 Å². The minimum absolute atomic E-state index is 0.270. The van der Waals surface area contributed by atoms with Crippen LogP contribution in [0.2, 0.25) is 0 Å². The molecule has 0 rings (SSSR count). The van der Waals surface area contributed by atoms with Crippen LogP contribution in [0.15, 0.2) is 85.1 Å². The maximum absolute atomic E-state index is 12.5. The molecule has 0 aliphatic carbocycles. The van der Waals surface area contributed by atoms with Crippen molar-refractivity contribution in [2.75, 3.05) is 5.75 Å². The molecular formula is C45H77NO5S. The maximum atomic E-state index is 12.5. The molecule has 3 N–H and O–H groups in total. The average Bonchev–Trinajstić information content (AvgIpc) is 3.11. The van der Waals surface area contributed by atoms with Crippen molar-refractivity contribution in [3.8, 4) is 0 Å². The van der Waals surface area contributed by atoms with Crippen LogP contribution < -0.4 is 5.32 Å². The van der Waals surface area contributed by atoms with Crippen LogP contribution in [-0.4, -0.2) is 41.9 Å². The number of unbranched alkanes of at least 4 members (excludes halogenated alkanes) is 16. The summed E-state index contributed by atoms with van der Waals surface area (Å²) in [6.07, 6.45) is 55.7. The zero-order valence-corrected chi connectivity index (χ0v) is 34.0. The van der Waals surface area contributed by atoms with Crippen molar-refractivity contribution in [1.29, 1.82) is 0 Å². The molecule has 0 saturated heterocycles. The molecule has 0 heterocycles. The first-order valence-corrected chi connectivity index (χ1v) is 22.4. The van der Waals surface area contributed by atoms with Crippen molar-refractivity contribution in [3.63, 3.8) is 0 Å². The van der Waals surface area contributed by atoms with Gasteiger partial charge in [-0.2, -0.15) is 8.42 Å². The first-order chi connectivity index (χ1) is 25.3. The predicted octanol–water partition coefficient (Wildman–Crippen LogP) is 12.4. The Hall–Kier alpha value is -2.48. The van der Waals surface area contributed by atoms with Gasteiger partial charge in [0.25, 0.3) is 10.1 Å². The molecule has 1 amide bonds. The Morgan fingerprint density at radius 3 is 1.44 bits per heavy atom. The lowest BCUT2D eigenvalue weighted by molar-refractivity contribution is -0.122. The molecule has 0 spiro atoms. The van der Waals surface area contributed by atoms with Crippen molar-refractivity contribution in [3.05, 3.63) is 85.1 Å². The summed E-state index contributed by atoms with van der Waals surface area (Å²) in [5, 5.41) is 13.2. The number of allylic oxidation sites excluding steroid dienone is 13. The van der Waals surface area contributed by atoms with Gasteiger partial charge in [0.2, 0.25) is 5.91 Å². The highest BCUT2D eigenvalue weighted by Crippen LogP contribution is 2.12. The lowest BCUT2D eigenvalue weighted by atomic mass is 10.1. The molecule has 0 aromatic carbocycles. The quantitative estimate of drug-likeness (QED) is 0.0337. The first kappa shape index (κ1) is 49.5. The fourth-order valence-electron chi connectivity index (χ4n) is 5.73. The van der Waals surface area contributed by atoms with Gasteiger partial charge in [-0.1, -0.05) is 176 Å². The van der Waals surface area contributed by atoms with Crippen molar-refractivity contribution >= 4 is 16.0 Å². The fraction of sp³-hybridized carbons (Fsp3) is 0.667. The molecule has 2 unspecified atom stereocenters. The van der Waals surface area contributed by atoms with E-state index in [9.17, 15) is 22.9 Å². The van der Waals surface area contributed by atoms with E-state index < -0.39 is 28.0 Å². The van der Waals surface area contributed by atoms with Crippen molar-refractivity contribution in [2.24, 2.45) is 0 Å². The van der Waals surface area contributed by atoms with Gasteiger partial charge >= 0.3 is 0 Å². The van der Waals surface area contributed by atoms with Gasteiger partial charge in [-0.25, -0.2) is 0 Å². The van der Waals surface area contributed by atoms with E-state index in [1.165, 1.54) is 76.7 Å². The van der Waals surface area contributed by atoms with E-state index in [1.807, 2.05) is 0 Å². The summed E-state index contributed by atoms with van der Waals surface area (Å²) in [6.45, 7) is 4.39. The Kier molecular flexibility index (Phi) is 36.4. The van der Waals surface area contributed by atoms with Gasteiger partial charge in [-0.3, -0.25) is 9.35 Å². The van der Waals surface area contributed by atoms with E-state index >= 15 is 0 Å². The maximum Gasteiger partial charge on any atom is 0.267 e. The Morgan fingerprint density at radius 2 is 0.942 bits per heavy atom. The molecule has 0 aliphatic heterocycles. The van der Waals surface area contributed by atoms with E-state index in [4.69, 9.17) is 0 Å². The van der Waals surface area contributed by atoms with Crippen molar-refractivity contribution in [1.82, 2.24) is 5.32 Å². The zero-order valence-electron chi connectivity index (χ0n) is 33.1. The SMILES string of the molecule is CC/C=C\C/C=C\C/C=C\C/C=C\C/C=C\CCCCCCCCCC(=O)NC(CS(=O)(=O)O)C(O)/C=C/CC/C=C/CCCCCCCCCC. The third-order valence-electron chi connectivity index (χ3n) is 8.81. The van der Waals surface area contributed by atoms with Crippen molar-refractivity contribution < 1.29 is 22.9 Å². The highest BCUT2D eigenvalue weighted by Gasteiger charge is 2.24. The molecule has 52 heavy (non-hydrogen) atoms. The topological polar surface area (TPSA) is 104 Å². The summed E-state index contributed by atoms with van der Waals surface area (Å²) < 4.78 is 32.5. The van der Waals surface area contributed by atoms with E-state index in [0.29, 0.717) is 12.8 Å². The number of rotatable bonds is 36. The monoisotopic (exact) mass is 744 g/mol. The normalized spacial score (nSPS) is 14.2. The minimum Gasteiger partial charge on any atom is -0.387 e. The lowest BCUT2D eigenvalue weighted by Crippen LogP contribution is -2.46. The third kappa shape index (κ3) is 38.7. The summed E-state index contributed by atoms with van der Waals surface area (Å²) in [6, 6.07) is -1.08. The third-order valence-corrected chi connectivity index (χ3v) is 9.59. The number of hydrogen-bond acceptors (Lipinski definition) is 4. The molecule has 2 atom stereocenters. The van der Waals surface area contributed by atoms with Crippen LogP contribution in [0.3, 0.4) is 0 Å². The summed E-state index contributed by atoms with van der Waals surface area (Å²) in [4.78, 5) is 12.5. The van der Waals surface area contributed by atoms with Crippen LogP contribution in [0.1, 0.15) is 174 Å². The van der Waals surface area contributed by atoms with Crippen molar-refractivity contribution in [2.45, 2.75) is 187 Å². The lowest BCUT2D eigenvalue weighted by Gasteiger charge is -2.21. The van der Waals surface area contributed by atoms with Crippen LogP contribution >= 0.6 is 0 Å². The Morgan fingerprint density at radius 1 is 0.538 bits per heavy atom. The molecule has 0 bridgehead atoms. The van der Waals surface area contributed by atoms with Crippen LogP contribution in [0.5, 0.6) is 0 Å². The highest BCUT2D eigenvalue weighted by molar-refractivity contribution is 7.85. The van der Waals surface area contributed by atoms with Crippen LogP contribution in [0.4, 0.5) is 0 Å². The van der Waals surface area contributed by atoms with Crippen LogP contribution in [0.25, 0.3) is 0 Å². The molecule has 0 fully saturated rings. The number of hydrogen-bond donors (Lipinski definition) is 3. The molecule has 0 saturated carbocycles. The molecular weight excluding hydrogens is 667 g/mol. The number of aliphatic hydroxyl groups is 1. The average molecular weight is 744 g/mol. The largest absolute Gasteiger partial charge is 0.387 e. The summed E-state index contributed by atoms with van der Waals surface area (Å²) >= 11 is 0. The molecule has 0 aromatic heterocycles. The molecule has 0 aliphatic rings. The van der Waals surface area contributed by atoms with Gasteiger partial charge in [-0.05, 0) is 77.0 Å². The van der Waals surface area contributed by atoms with E-state index in [1.54, 1.807) is 6.08 Å². The highest BCUT2D eigenvalue weighted by atomic mass is 32.2. The van der Waals surface area contributed by atoms with Gasteiger partial charge in [0.15, 0.2) is 0 Å². The molecule has 298 valence electrons. The Labute approximate surface area is 320 Å². The number of carbonyl (C=O) groups is 1. The molecule has 6 nitrogen and oxygen atoms in total. The van der Waals surface area contributed by atoms with Crippen LogP contribution in [0, 0.1) is 0 Å². The summed E-state index contributed by atoms with van der Waals surface area (Å²) in [7, 11) is -4.36. The van der Waals surface area contributed by atoms with Gasteiger partial charge in [-0.15, -0.1) is 0 Å². The fourth-order valence-corrected chi connectivity index (χ4v) is 6.46. The molecule has 7 heteroatoms. The van der Waals surface area contributed by atoms with E-state index in [-0.39, 0.29) is 12.3 Å². The number of amides is 1. The van der Waals surface area contributed by atoms with Gasteiger partial charge < -0.3 is 10.4 Å². The smallest absolute Gasteiger partial charge is 0.267 e. The number of carbonyl (C=O) groups excluding carboxylic acids is 1. The van der Waals surface area contributed by atoms with E-state index in [0.717, 1.165) is 70.6 Å². The second-order valence-electron chi connectivity index (χ2n) is 13.9. The zero-order chi connectivity index (χ0) is 38.2. The minimum atomic E-state index is -4.36. The summed E-state index contributed by atoms with van der Waals surface area (Å²) in [5.74, 6) is -1.02. The van der Waals surface area contributed by atoms with Crippen LogP contribution in [-0.2, 0) is 14.9 Å². The number of nitrogens with one attached hydrogen (secondary N) is 1. The second kappa shape index (κ2) is 38.3.